The number of carbonyl (C=O) groups is 1. The highest BCUT2D eigenvalue weighted by Crippen LogP contribution is 2.24. The molecule has 0 atom stereocenters. The molecule has 2 aromatic heterocycles. The van der Waals surface area contributed by atoms with Gasteiger partial charge in [-0.1, -0.05) is 29.8 Å². The summed E-state index contributed by atoms with van der Waals surface area (Å²) in [7, 11) is 1.69. The number of benzene rings is 1. The van der Waals surface area contributed by atoms with Crippen LogP contribution in [0.25, 0.3) is 10.9 Å². The van der Waals surface area contributed by atoms with Gasteiger partial charge in [0, 0.05) is 18.6 Å². The summed E-state index contributed by atoms with van der Waals surface area (Å²) in [5.41, 5.74) is 1.26. The molecule has 0 fully saturated rings. The summed E-state index contributed by atoms with van der Waals surface area (Å²) in [6.07, 6.45) is 1.65. The van der Waals surface area contributed by atoms with Crippen molar-refractivity contribution in [3.8, 4) is 0 Å². The van der Waals surface area contributed by atoms with Crippen LogP contribution in [-0.2, 0) is 0 Å². The summed E-state index contributed by atoms with van der Waals surface area (Å²) >= 11 is 6.10. The van der Waals surface area contributed by atoms with Crippen molar-refractivity contribution in [1.82, 2.24) is 9.97 Å². The minimum atomic E-state index is -0.157. The van der Waals surface area contributed by atoms with Crippen LogP contribution in [-0.4, -0.2) is 22.9 Å². The summed E-state index contributed by atoms with van der Waals surface area (Å²) in [5.74, 6) is 0.443. The van der Waals surface area contributed by atoms with E-state index < -0.39 is 0 Å². The lowest BCUT2D eigenvalue weighted by Gasteiger charge is -2.14. The lowest BCUT2D eigenvalue weighted by atomic mass is 10.2. The van der Waals surface area contributed by atoms with E-state index in [0.717, 1.165) is 10.9 Å². The Labute approximate surface area is 121 Å². The third-order valence-corrected chi connectivity index (χ3v) is 3.45. The number of halogens is 1. The number of H-pyrrole nitrogens is 1. The van der Waals surface area contributed by atoms with Crippen molar-refractivity contribution >= 4 is 34.2 Å². The highest BCUT2D eigenvalue weighted by molar-refractivity contribution is 6.35. The number of amides is 1. The molecule has 0 radical (unpaired) electrons. The van der Waals surface area contributed by atoms with E-state index in [-0.39, 0.29) is 5.91 Å². The van der Waals surface area contributed by atoms with Crippen LogP contribution in [0.15, 0.2) is 48.7 Å². The molecule has 1 amide bonds. The van der Waals surface area contributed by atoms with Crippen molar-refractivity contribution in [2.24, 2.45) is 0 Å². The quantitative estimate of drug-likeness (QED) is 0.783. The standard InChI is InChI=1S/C15H12ClN3O/c1-19(13-7-2-3-8-17-13)15(20)12-9-10-5-4-6-11(16)14(10)18-12/h2-9,18H,1H3. The maximum absolute atomic E-state index is 12.4. The smallest absolute Gasteiger partial charge is 0.275 e. The molecule has 1 aromatic carbocycles. The molecule has 20 heavy (non-hydrogen) atoms. The number of rotatable bonds is 2. The van der Waals surface area contributed by atoms with Gasteiger partial charge in [-0.05, 0) is 24.3 Å². The number of nitrogens with zero attached hydrogens (tertiary/aromatic N) is 2. The largest absolute Gasteiger partial charge is 0.349 e. The fraction of sp³-hybridized carbons (Fsp3) is 0.0667. The number of pyridine rings is 1. The predicted molar refractivity (Wildman–Crippen MR) is 80.3 cm³/mol. The van der Waals surface area contributed by atoms with E-state index in [1.54, 1.807) is 31.4 Å². The van der Waals surface area contributed by atoms with Crippen LogP contribution in [0.2, 0.25) is 5.02 Å². The van der Waals surface area contributed by atoms with E-state index in [0.29, 0.717) is 16.5 Å². The number of aromatic amines is 1. The molecule has 1 N–H and O–H groups in total. The van der Waals surface area contributed by atoms with Crippen LogP contribution in [0, 0.1) is 0 Å². The molecule has 0 aliphatic rings. The van der Waals surface area contributed by atoms with Crippen molar-refractivity contribution < 1.29 is 4.79 Å². The monoisotopic (exact) mass is 285 g/mol. The second-order valence-electron chi connectivity index (χ2n) is 4.44. The van der Waals surface area contributed by atoms with Gasteiger partial charge in [-0.15, -0.1) is 0 Å². The Kier molecular flexibility index (Phi) is 3.16. The first-order chi connectivity index (χ1) is 9.66. The molecule has 4 nitrogen and oxygen atoms in total. The fourth-order valence-corrected chi connectivity index (χ4v) is 2.30. The molecule has 2 heterocycles. The van der Waals surface area contributed by atoms with Crippen molar-refractivity contribution in [3.05, 3.63) is 59.4 Å². The number of carbonyl (C=O) groups excluding carboxylic acids is 1. The first-order valence-corrected chi connectivity index (χ1v) is 6.51. The van der Waals surface area contributed by atoms with E-state index in [4.69, 9.17) is 11.6 Å². The molecule has 0 aliphatic carbocycles. The highest BCUT2D eigenvalue weighted by Gasteiger charge is 2.17. The molecular weight excluding hydrogens is 274 g/mol. The molecule has 0 unspecified atom stereocenters. The van der Waals surface area contributed by atoms with Crippen LogP contribution in [0.1, 0.15) is 10.5 Å². The molecule has 3 rings (SSSR count). The van der Waals surface area contributed by atoms with Crippen molar-refractivity contribution in [2.75, 3.05) is 11.9 Å². The first kappa shape index (κ1) is 12.7. The molecule has 0 spiro atoms. The van der Waals surface area contributed by atoms with E-state index in [9.17, 15) is 4.79 Å². The van der Waals surface area contributed by atoms with Gasteiger partial charge in [-0.25, -0.2) is 4.98 Å². The van der Waals surface area contributed by atoms with E-state index in [2.05, 4.69) is 9.97 Å². The second kappa shape index (κ2) is 4.98. The molecule has 0 saturated carbocycles. The van der Waals surface area contributed by atoms with Gasteiger partial charge in [-0.2, -0.15) is 0 Å². The Bertz CT molecular complexity index is 767. The normalized spacial score (nSPS) is 10.7. The maximum atomic E-state index is 12.4. The topological polar surface area (TPSA) is 49.0 Å². The second-order valence-corrected chi connectivity index (χ2v) is 4.85. The van der Waals surface area contributed by atoms with E-state index in [1.807, 2.05) is 24.3 Å². The van der Waals surface area contributed by atoms with Crippen LogP contribution < -0.4 is 4.90 Å². The van der Waals surface area contributed by atoms with Crippen molar-refractivity contribution in [3.63, 3.8) is 0 Å². The Hall–Kier alpha value is -2.33. The molecule has 0 saturated heterocycles. The van der Waals surface area contributed by atoms with Crippen molar-refractivity contribution in [1.29, 1.82) is 0 Å². The first-order valence-electron chi connectivity index (χ1n) is 6.13. The summed E-state index contributed by atoms with van der Waals surface area (Å²) in [4.78, 5) is 21.2. The zero-order chi connectivity index (χ0) is 14.1. The molecule has 0 bridgehead atoms. The van der Waals surface area contributed by atoms with Gasteiger partial charge in [0.05, 0.1) is 10.5 Å². The van der Waals surface area contributed by atoms with Crippen LogP contribution >= 0.6 is 11.6 Å². The lowest BCUT2D eigenvalue weighted by molar-refractivity contribution is 0.0988. The minimum absolute atomic E-state index is 0.157. The molecule has 5 heteroatoms. The molecule has 100 valence electrons. The van der Waals surface area contributed by atoms with Gasteiger partial charge in [0.15, 0.2) is 0 Å². The van der Waals surface area contributed by atoms with Gasteiger partial charge in [0.25, 0.3) is 5.91 Å². The average molecular weight is 286 g/mol. The number of anilines is 1. The summed E-state index contributed by atoms with van der Waals surface area (Å²) in [6.45, 7) is 0. The number of nitrogens with one attached hydrogen (secondary N) is 1. The van der Waals surface area contributed by atoms with Crippen LogP contribution in [0.3, 0.4) is 0 Å². The zero-order valence-corrected chi connectivity index (χ0v) is 11.6. The average Bonchev–Trinajstić information content (AvgIpc) is 2.92. The predicted octanol–water partition coefficient (Wildman–Crippen LogP) is 3.49. The number of fused-ring (bicyclic) bond motifs is 1. The van der Waals surface area contributed by atoms with Gasteiger partial charge >= 0.3 is 0 Å². The van der Waals surface area contributed by atoms with Crippen molar-refractivity contribution in [2.45, 2.75) is 0 Å². The van der Waals surface area contributed by atoms with E-state index >= 15 is 0 Å². The summed E-state index contributed by atoms with van der Waals surface area (Å²) in [5, 5.41) is 1.51. The SMILES string of the molecule is CN(C(=O)c1cc2cccc(Cl)c2[nH]1)c1ccccn1. The third kappa shape index (κ3) is 2.14. The maximum Gasteiger partial charge on any atom is 0.275 e. The summed E-state index contributed by atoms with van der Waals surface area (Å²) < 4.78 is 0. The van der Waals surface area contributed by atoms with Gasteiger partial charge < -0.3 is 4.98 Å². The fourth-order valence-electron chi connectivity index (χ4n) is 2.07. The number of para-hydroxylation sites is 1. The highest BCUT2D eigenvalue weighted by atomic mass is 35.5. The number of hydrogen-bond acceptors (Lipinski definition) is 2. The van der Waals surface area contributed by atoms with Gasteiger partial charge in [0.2, 0.25) is 0 Å². The van der Waals surface area contributed by atoms with Gasteiger partial charge in [0.1, 0.15) is 11.5 Å². The molecule has 0 aliphatic heterocycles. The Balaban J connectivity index is 1.99. The minimum Gasteiger partial charge on any atom is -0.349 e. The Morgan fingerprint density at radius 2 is 2.10 bits per heavy atom. The molecule has 3 aromatic rings. The lowest BCUT2D eigenvalue weighted by Crippen LogP contribution is -2.27. The Morgan fingerprint density at radius 3 is 2.80 bits per heavy atom. The number of aromatic nitrogens is 2. The summed E-state index contributed by atoms with van der Waals surface area (Å²) in [6, 6.07) is 12.8. The van der Waals surface area contributed by atoms with Crippen LogP contribution in [0.5, 0.6) is 0 Å². The zero-order valence-electron chi connectivity index (χ0n) is 10.8. The number of hydrogen-bond donors (Lipinski definition) is 1. The van der Waals surface area contributed by atoms with Crippen LogP contribution in [0.4, 0.5) is 5.82 Å². The third-order valence-electron chi connectivity index (χ3n) is 3.13. The molecular formula is C15H12ClN3O. The Morgan fingerprint density at radius 1 is 1.25 bits per heavy atom. The van der Waals surface area contributed by atoms with Gasteiger partial charge in [-0.3, -0.25) is 9.69 Å². The van der Waals surface area contributed by atoms with E-state index in [1.165, 1.54) is 4.90 Å².